The second kappa shape index (κ2) is 9.88. The van der Waals surface area contributed by atoms with Crippen molar-refractivity contribution in [3.05, 3.63) is 47.9 Å². The van der Waals surface area contributed by atoms with E-state index < -0.39 is 16.1 Å². The Morgan fingerprint density at radius 1 is 1.36 bits per heavy atom. The highest BCUT2D eigenvalue weighted by molar-refractivity contribution is 7.98. The number of nitrogens with zero attached hydrogens (tertiary/aromatic N) is 1. The Morgan fingerprint density at radius 2 is 2.11 bits per heavy atom. The molecular weight excluding hydrogens is 400 g/mol. The van der Waals surface area contributed by atoms with Gasteiger partial charge in [0.15, 0.2) is 0 Å². The number of carbonyl (C=O) groups is 1. The van der Waals surface area contributed by atoms with Crippen LogP contribution in [0.4, 0.5) is 5.69 Å². The summed E-state index contributed by atoms with van der Waals surface area (Å²) >= 11 is 1.62. The first-order valence-electron chi connectivity index (χ1n) is 8.76. The molecule has 154 valence electrons. The van der Waals surface area contributed by atoms with Gasteiger partial charge < -0.3 is 14.5 Å². The van der Waals surface area contributed by atoms with Crippen molar-refractivity contribution in [3.63, 3.8) is 0 Å². The van der Waals surface area contributed by atoms with Gasteiger partial charge in [-0.25, -0.2) is 8.42 Å². The summed E-state index contributed by atoms with van der Waals surface area (Å²) in [6.07, 6.45) is 2.70. The molecule has 1 heterocycles. The zero-order valence-corrected chi connectivity index (χ0v) is 18.1. The molecule has 0 bridgehead atoms. The molecule has 0 saturated carbocycles. The molecule has 0 aliphatic rings. The van der Waals surface area contributed by atoms with Gasteiger partial charge in [-0.2, -0.15) is 11.8 Å². The molecule has 7 nitrogen and oxygen atoms in total. The first-order chi connectivity index (χ1) is 13.2. The van der Waals surface area contributed by atoms with E-state index in [4.69, 9.17) is 9.15 Å². The summed E-state index contributed by atoms with van der Waals surface area (Å²) in [7, 11) is -2.23. The number of rotatable bonds is 10. The topological polar surface area (TPSA) is 88.8 Å². The lowest BCUT2D eigenvalue weighted by atomic mass is 10.2. The second-order valence-corrected chi connectivity index (χ2v) is 9.30. The maximum absolute atomic E-state index is 12.6. The number of methoxy groups -OCH3 is 1. The van der Waals surface area contributed by atoms with Gasteiger partial charge in [-0.1, -0.05) is 6.07 Å². The average molecular weight is 427 g/mol. The molecule has 9 heteroatoms. The molecule has 0 spiro atoms. The predicted octanol–water partition coefficient (Wildman–Crippen LogP) is 2.80. The Labute approximate surface area is 170 Å². The summed E-state index contributed by atoms with van der Waals surface area (Å²) in [5.74, 6) is 2.30. The number of nitrogens with one attached hydrogen (secondary N) is 1. The molecule has 0 unspecified atom stereocenters. The molecule has 1 amide bonds. The Balaban J connectivity index is 2.03. The molecule has 0 saturated heterocycles. The average Bonchev–Trinajstić information content (AvgIpc) is 3.14. The van der Waals surface area contributed by atoms with Gasteiger partial charge in [0, 0.05) is 12.3 Å². The largest absolute Gasteiger partial charge is 0.495 e. The molecule has 2 rings (SSSR count). The normalized spacial score (nSPS) is 12.4. The van der Waals surface area contributed by atoms with Crippen molar-refractivity contribution in [3.8, 4) is 5.75 Å². The molecule has 0 aliphatic heterocycles. The zero-order chi connectivity index (χ0) is 20.7. The van der Waals surface area contributed by atoms with Crippen LogP contribution >= 0.6 is 11.8 Å². The fourth-order valence-electron chi connectivity index (χ4n) is 2.71. The van der Waals surface area contributed by atoms with Crippen molar-refractivity contribution >= 4 is 33.4 Å². The molecule has 0 aliphatic carbocycles. The number of sulfonamides is 1. The molecule has 1 aromatic heterocycles. The third-order valence-corrected chi connectivity index (χ3v) is 6.24. The number of ether oxygens (including phenoxy) is 1. The Kier molecular flexibility index (Phi) is 7.82. The Hall–Kier alpha value is -2.13. The summed E-state index contributed by atoms with van der Waals surface area (Å²) in [6, 6.07) is 8.03. The minimum Gasteiger partial charge on any atom is -0.495 e. The number of benzene rings is 1. The van der Waals surface area contributed by atoms with Crippen LogP contribution in [-0.4, -0.2) is 46.0 Å². The SMILES string of the molecule is COc1ccc(C)cc1N([C@@H](C)C(=O)NCCSCc1ccco1)S(C)(=O)=O. The zero-order valence-electron chi connectivity index (χ0n) is 16.5. The third kappa shape index (κ3) is 5.93. The van der Waals surface area contributed by atoms with Crippen LogP contribution in [0.3, 0.4) is 0 Å². The van der Waals surface area contributed by atoms with E-state index in [-0.39, 0.29) is 5.91 Å². The maximum Gasteiger partial charge on any atom is 0.243 e. The highest BCUT2D eigenvalue weighted by Crippen LogP contribution is 2.32. The van der Waals surface area contributed by atoms with Crippen LogP contribution in [0.1, 0.15) is 18.2 Å². The van der Waals surface area contributed by atoms with Gasteiger partial charge >= 0.3 is 0 Å². The van der Waals surface area contributed by atoms with E-state index in [9.17, 15) is 13.2 Å². The summed E-state index contributed by atoms with van der Waals surface area (Å²) in [4.78, 5) is 12.6. The molecule has 28 heavy (non-hydrogen) atoms. The van der Waals surface area contributed by atoms with Crippen LogP contribution in [0.25, 0.3) is 0 Å². The number of carbonyl (C=O) groups excluding carboxylic acids is 1. The van der Waals surface area contributed by atoms with Gasteiger partial charge in [-0.3, -0.25) is 9.10 Å². The third-order valence-electron chi connectivity index (χ3n) is 4.03. The standard InChI is InChI=1S/C19H26N2O5S2/c1-14-7-8-18(25-3)17(12-14)21(28(4,23)24)15(2)19(22)20-9-11-27-13-16-6-5-10-26-16/h5-8,10,12,15H,9,11,13H2,1-4H3,(H,20,22)/t15-/m0/s1. The quantitative estimate of drug-likeness (QED) is 0.588. The molecule has 1 atom stereocenters. The van der Waals surface area contributed by atoms with Gasteiger partial charge in [-0.05, 0) is 43.7 Å². The van der Waals surface area contributed by atoms with Crippen molar-refractivity contribution in [1.82, 2.24) is 5.32 Å². The number of thioether (sulfide) groups is 1. The van der Waals surface area contributed by atoms with Crippen LogP contribution in [0.15, 0.2) is 41.0 Å². The fraction of sp³-hybridized carbons (Fsp3) is 0.421. The number of hydrogen-bond acceptors (Lipinski definition) is 6. The van der Waals surface area contributed by atoms with E-state index >= 15 is 0 Å². The van der Waals surface area contributed by atoms with Gasteiger partial charge in [0.25, 0.3) is 0 Å². The summed E-state index contributed by atoms with van der Waals surface area (Å²) < 4.78 is 36.5. The lowest BCUT2D eigenvalue weighted by Gasteiger charge is -2.29. The Morgan fingerprint density at radius 3 is 2.71 bits per heavy atom. The lowest BCUT2D eigenvalue weighted by Crippen LogP contribution is -2.48. The second-order valence-electron chi connectivity index (χ2n) is 6.33. The number of aryl methyl sites for hydroxylation is 1. The van der Waals surface area contributed by atoms with E-state index in [1.165, 1.54) is 7.11 Å². The van der Waals surface area contributed by atoms with Crippen molar-refractivity contribution in [2.45, 2.75) is 25.6 Å². The van der Waals surface area contributed by atoms with Gasteiger partial charge in [0.2, 0.25) is 15.9 Å². The minimum absolute atomic E-state index is 0.347. The van der Waals surface area contributed by atoms with Crippen LogP contribution in [0, 0.1) is 6.92 Å². The fourth-order valence-corrected chi connectivity index (χ4v) is 4.64. The smallest absolute Gasteiger partial charge is 0.243 e. The highest BCUT2D eigenvalue weighted by atomic mass is 32.2. The molecule has 1 N–H and O–H groups in total. The van der Waals surface area contributed by atoms with Crippen LogP contribution in [-0.2, 0) is 20.6 Å². The van der Waals surface area contributed by atoms with Crippen molar-refractivity contribution < 1.29 is 22.4 Å². The summed E-state index contributed by atoms with van der Waals surface area (Å²) in [5.41, 5.74) is 1.21. The molecule has 0 radical (unpaired) electrons. The van der Waals surface area contributed by atoms with E-state index in [2.05, 4.69) is 5.32 Å². The lowest BCUT2D eigenvalue weighted by molar-refractivity contribution is -0.121. The van der Waals surface area contributed by atoms with Crippen LogP contribution in [0.2, 0.25) is 0 Å². The highest BCUT2D eigenvalue weighted by Gasteiger charge is 2.31. The maximum atomic E-state index is 12.6. The number of hydrogen-bond donors (Lipinski definition) is 1. The molecular formula is C19H26N2O5S2. The number of anilines is 1. The van der Waals surface area contributed by atoms with Gasteiger partial charge in [0.05, 0.1) is 31.1 Å². The van der Waals surface area contributed by atoms with E-state index in [1.54, 1.807) is 37.1 Å². The molecule has 2 aromatic rings. The van der Waals surface area contributed by atoms with E-state index in [0.29, 0.717) is 29.5 Å². The summed E-state index contributed by atoms with van der Waals surface area (Å²) in [6.45, 7) is 3.84. The van der Waals surface area contributed by atoms with Gasteiger partial charge in [0.1, 0.15) is 17.6 Å². The molecule has 0 fully saturated rings. The van der Waals surface area contributed by atoms with Crippen molar-refractivity contribution in [1.29, 1.82) is 0 Å². The number of amides is 1. The predicted molar refractivity (Wildman–Crippen MR) is 112 cm³/mol. The van der Waals surface area contributed by atoms with Crippen LogP contribution in [0.5, 0.6) is 5.75 Å². The van der Waals surface area contributed by atoms with Crippen molar-refractivity contribution in [2.24, 2.45) is 0 Å². The van der Waals surface area contributed by atoms with Gasteiger partial charge in [-0.15, -0.1) is 0 Å². The first kappa shape index (κ1) is 22.2. The number of furan rings is 1. The summed E-state index contributed by atoms with van der Waals surface area (Å²) in [5, 5.41) is 2.80. The van der Waals surface area contributed by atoms with Crippen LogP contribution < -0.4 is 14.4 Å². The first-order valence-corrected chi connectivity index (χ1v) is 11.8. The van der Waals surface area contributed by atoms with E-state index in [1.807, 2.05) is 25.1 Å². The van der Waals surface area contributed by atoms with E-state index in [0.717, 1.165) is 21.9 Å². The van der Waals surface area contributed by atoms with Crippen molar-refractivity contribution in [2.75, 3.05) is 30.0 Å². The Bertz CT molecular complexity index is 882. The molecule has 1 aromatic carbocycles. The monoisotopic (exact) mass is 426 g/mol. The minimum atomic E-state index is -3.70.